The van der Waals surface area contributed by atoms with Gasteiger partial charge in [-0.25, -0.2) is 0 Å². The van der Waals surface area contributed by atoms with Crippen molar-refractivity contribution in [3.63, 3.8) is 0 Å². The Hall–Kier alpha value is -4.35. The van der Waals surface area contributed by atoms with E-state index in [1.165, 1.54) is 55.4 Å². The van der Waals surface area contributed by atoms with E-state index in [0.717, 1.165) is 0 Å². The van der Waals surface area contributed by atoms with Crippen molar-refractivity contribution in [2.75, 3.05) is 0 Å². The summed E-state index contributed by atoms with van der Waals surface area (Å²) in [6.45, 7) is 10.2. The standard InChI is InChI=1S/2C18H22F12O4.C17H20F12O4/c1-4-12(2,3)11(31)34-10-6-8(13(32,15(19,20)21)16(22,23)24)5-9(7-10)14(33,17(25,26)27)18(28,29)30;1-4-12(2,3)11(31)34-10-6-5-8(13(32,15(19,20)21)16(22,23)24)7-9(10)14(33,17(25,26)27)18(28,29)30;1-3-7(2)11(30)33-10-5-8(12(31,14(18,19)20)15(21,22)23)4-9(6-10)13(32,16(24,25)26)17(27,28)29/h2*8-10,32-33H,4-7H2,1-3H3;7-10,31-32H,3-6H2,1-2H3. The van der Waals surface area contributed by atoms with Gasteiger partial charge in [0.25, 0.3) is 33.6 Å². The monoisotopic (exact) mass is 1580 g/mol. The largest absolute Gasteiger partial charge is 0.462 e. The minimum absolute atomic E-state index is 0.0164. The second-order valence-electron chi connectivity index (χ2n) is 25.7. The molecule has 3 saturated carbocycles. The van der Waals surface area contributed by atoms with Crippen molar-refractivity contribution in [2.45, 2.75) is 258 Å². The topological polar surface area (TPSA) is 200 Å². The number of ether oxygens (including phenoxy) is 3. The number of aliphatic hydroxyl groups is 6. The van der Waals surface area contributed by atoms with E-state index in [9.17, 15) is 203 Å². The van der Waals surface area contributed by atoms with Gasteiger partial charge in [0.05, 0.1) is 16.7 Å². The quantitative estimate of drug-likeness (QED) is 0.0516. The zero-order chi connectivity index (χ0) is 81.1. The summed E-state index contributed by atoms with van der Waals surface area (Å²) in [6.07, 6.45) is -102. The van der Waals surface area contributed by atoms with Crippen LogP contribution in [0.4, 0.5) is 158 Å². The molecule has 3 aliphatic carbocycles. The van der Waals surface area contributed by atoms with E-state index in [1.807, 2.05) is 0 Å². The fourth-order valence-electron chi connectivity index (χ4n) is 11.2. The summed E-state index contributed by atoms with van der Waals surface area (Å²) in [6, 6.07) is 0. The minimum atomic E-state index is -6.64. The van der Waals surface area contributed by atoms with Crippen LogP contribution in [-0.2, 0) is 28.6 Å². The van der Waals surface area contributed by atoms with E-state index >= 15 is 0 Å². The number of carbonyl (C=O) groups excluding carboxylic acids is 3. The van der Waals surface area contributed by atoms with Crippen LogP contribution < -0.4 is 0 Å². The van der Waals surface area contributed by atoms with Gasteiger partial charge in [-0.2, -0.15) is 158 Å². The number of rotatable bonds is 15. The lowest BCUT2D eigenvalue weighted by atomic mass is 9.65. The Morgan fingerprint density at radius 2 is 0.535 bits per heavy atom. The first-order valence-electron chi connectivity index (χ1n) is 28.8. The van der Waals surface area contributed by atoms with E-state index in [0.29, 0.717) is 0 Å². The number of hydrogen-bond acceptors (Lipinski definition) is 12. The van der Waals surface area contributed by atoms with Gasteiger partial charge >= 0.3 is 92.0 Å². The molecule has 0 heterocycles. The Balaban J connectivity index is 0.000000758. The molecule has 3 aliphatic rings. The molecule has 0 aromatic rings. The molecule has 0 saturated heterocycles. The third-order valence-corrected chi connectivity index (χ3v) is 18.5. The van der Waals surface area contributed by atoms with Crippen LogP contribution in [0.15, 0.2) is 0 Å². The number of carbonyl (C=O) groups is 3. The van der Waals surface area contributed by atoms with Crippen LogP contribution in [0, 0.1) is 52.3 Å². The van der Waals surface area contributed by atoms with Gasteiger partial charge < -0.3 is 44.8 Å². The van der Waals surface area contributed by atoms with Crippen molar-refractivity contribution in [1.29, 1.82) is 0 Å². The molecule has 0 spiro atoms. The average molecular weight is 1580 g/mol. The molecule has 3 fully saturated rings. The first-order chi connectivity index (χ1) is 44.0. The van der Waals surface area contributed by atoms with Crippen LogP contribution in [0.3, 0.4) is 0 Å². The third kappa shape index (κ3) is 18.6. The molecule has 0 aliphatic heterocycles. The Morgan fingerprint density at radius 3 is 0.752 bits per heavy atom. The SMILES string of the molecule is CCC(C)(C)C(=O)OC1CC(C(O)(C(F)(F)F)C(F)(F)F)CC(C(O)(C(F)(F)F)C(F)(F)F)C1.CCC(C)(C)C(=O)OC1CCC(C(O)(C(F)(F)F)C(F)(F)F)CC1C(O)(C(F)(F)F)C(F)(F)F.CCC(C)C(=O)OC1CC(C(O)(C(F)(F)F)C(F)(F)F)CC(C(O)(C(F)(F)F)C(F)(F)F)C1. The Bertz CT molecular complexity index is 2570. The zero-order valence-electron chi connectivity index (χ0n) is 52.5. The van der Waals surface area contributed by atoms with Crippen molar-refractivity contribution in [3.05, 3.63) is 0 Å². The van der Waals surface area contributed by atoms with E-state index in [2.05, 4.69) is 9.47 Å². The number of esters is 3. The smallest absolute Gasteiger partial charge is 0.426 e. The number of alkyl halides is 36. The summed E-state index contributed by atoms with van der Waals surface area (Å²) in [5.74, 6) is -25.3. The summed E-state index contributed by atoms with van der Waals surface area (Å²) >= 11 is 0. The highest BCUT2D eigenvalue weighted by Gasteiger charge is 2.83. The van der Waals surface area contributed by atoms with Crippen LogP contribution in [-0.4, -0.2) is 175 Å². The molecule has 0 aromatic carbocycles. The first kappa shape index (κ1) is 94.7. The molecule has 0 bridgehead atoms. The number of hydrogen-bond donors (Lipinski definition) is 6. The number of halogens is 36. The van der Waals surface area contributed by atoms with Gasteiger partial charge in [0, 0.05) is 35.5 Å². The van der Waals surface area contributed by atoms with Gasteiger partial charge in [-0.3, -0.25) is 14.4 Å². The Morgan fingerprint density at radius 1 is 0.317 bits per heavy atom. The molecule has 3 rings (SSSR count). The van der Waals surface area contributed by atoms with E-state index in [-0.39, 0.29) is 19.3 Å². The fraction of sp³-hybridized carbons (Fsp3) is 0.943. The van der Waals surface area contributed by atoms with Crippen molar-refractivity contribution in [3.8, 4) is 0 Å². The van der Waals surface area contributed by atoms with Crippen LogP contribution in [0.25, 0.3) is 0 Å². The lowest BCUT2D eigenvalue weighted by Gasteiger charge is -2.49. The molecule has 12 nitrogen and oxygen atoms in total. The summed E-state index contributed by atoms with van der Waals surface area (Å²) < 4.78 is 493. The maximum atomic E-state index is 13.5. The highest BCUT2D eigenvalue weighted by Crippen LogP contribution is 2.63. The molecule has 0 amide bonds. The third-order valence-electron chi connectivity index (χ3n) is 18.5. The lowest BCUT2D eigenvalue weighted by Crippen LogP contribution is -2.68. The minimum Gasteiger partial charge on any atom is -0.462 e. The van der Waals surface area contributed by atoms with Gasteiger partial charge in [0.2, 0.25) is 0 Å². The van der Waals surface area contributed by atoms with Crippen molar-refractivity contribution < 1.29 is 217 Å². The molecule has 8 unspecified atom stereocenters. The summed E-state index contributed by atoms with van der Waals surface area (Å²) in [5.41, 5.74) is -37.4. The van der Waals surface area contributed by atoms with Gasteiger partial charge in [0.15, 0.2) is 0 Å². The second kappa shape index (κ2) is 29.8. The molecular weight excluding hydrogens is 1510 g/mol. The zero-order valence-corrected chi connectivity index (χ0v) is 52.5. The predicted molar refractivity (Wildman–Crippen MR) is 262 cm³/mol. The first-order valence-corrected chi connectivity index (χ1v) is 28.8. The molecule has 0 radical (unpaired) electrons. The van der Waals surface area contributed by atoms with Gasteiger partial charge in [-0.1, -0.05) is 27.7 Å². The highest BCUT2D eigenvalue weighted by molar-refractivity contribution is 5.76. The molecule has 8 atom stereocenters. The van der Waals surface area contributed by atoms with Crippen LogP contribution in [0.2, 0.25) is 0 Å². The van der Waals surface area contributed by atoms with Crippen molar-refractivity contribution >= 4 is 17.9 Å². The normalized spacial score (nSPS) is 24.5. The highest BCUT2D eigenvalue weighted by atomic mass is 19.5. The van der Waals surface area contributed by atoms with Gasteiger partial charge in [-0.15, -0.1) is 0 Å². The van der Waals surface area contributed by atoms with Gasteiger partial charge in [0.1, 0.15) is 18.3 Å². The summed E-state index contributed by atoms with van der Waals surface area (Å²) in [5, 5.41) is 57.7. The van der Waals surface area contributed by atoms with Crippen LogP contribution >= 0.6 is 0 Å². The van der Waals surface area contributed by atoms with Gasteiger partial charge in [-0.05, 0) is 105 Å². The Labute approximate surface area is 545 Å². The van der Waals surface area contributed by atoms with E-state index in [4.69, 9.17) is 4.74 Å². The average Bonchev–Trinajstić information content (AvgIpc) is 0.732. The maximum Gasteiger partial charge on any atom is 0.426 e. The molecular formula is C53H64F36O12. The van der Waals surface area contributed by atoms with Crippen LogP contribution in [0.1, 0.15) is 132 Å². The molecule has 600 valence electrons. The molecule has 101 heavy (non-hydrogen) atoms. The van der Waals surface area contributed by atoms with Crippen molar-refractivity contribution in [2.24, 2.45) is 52.3 Å². The molecule has 0 aromatic heterocycles. The van der Waals surface area contributed by atoms with Crippen LogP contribution in [0.5, 0.6) is 0 Å². The van der Waals surface area contributed by atoms with Crippen molar-refractivity contribution in [1.82, 2.24) is 0 Å². The molecule has 48 heteroatoms. The summed E-state index contributed by atoms with van der Waals surface area (Å²) in [4.78, 5) is 36.4. The predicted octanol–water partition coefficient (Wildman–Crippen LogP) is 16.0. The second-order valence-corrected chi connectivity index (χ2v) is 25.7. The Kier molecular flexibility index (Phi) is 27.9. The maximum absolute atomic E-state index is 13.5. The molecule has 6 N–H and O–H groups in total. The summed E-state index contributed by atoms with van der Waals surface area (Å²) in [7, 11) is 0. The van der Waals surface area contributed by atoms with E-state index in [1.54, 1.807) is 0 Å². The fourth-order valence-corrected chi connectivity index (χ4v) is 11.2. The lowest BCUT2D eigenvalue weighted by molar-refractivity contribution is -0.409. The van der Waals surface area contributed by atoms with E-state index < -0.39 is 254 Å².